The molecule has 0 aromatic heterocycles. The van der Waals surface area contributed by atoms with E-state index in [4.69, 9.17) is 19.1 Å². The Labute approximate surface area is 234 Å². The molecule has 0 radical (unpaired) electrons. The standard InChI is InChI=1S/C29H52N4O4/c1-20(2)13-25-27(34)33(12-9-30-25)26(14-21(3)4)28(35)32-11-8-29(15-23(32)6)36-18-24(19-37-29)17-31-10-7-22(5)16-31/h20-26,30H,7-19H2,1-6H3/t22?,23-,24?,25-,26-,29?/m0/s1/i7D2,10D2,16D2,22D. The first-order chi connectivity index (χ1) is 20.2. The first kappa shape index (κ1) is 20.7. The molecular formula is C29H52N4O4. The first-order valence-electron chi connectivity index (χ1n) is 17.6. The lowest BCUT2D eigenvalue weighted by molar-refractivity contribution is -0.303. The summed E-state index contributed by atoms with van der Waals surface area (Å²) in [6, 6.07) is -1.04. The summed E-state index contributed by atoms with van der Waals surface area (Å²) in [7, 11) is 0. The largest absolute Gasteiger partial charge is 0.349 e. The van der Waals surface area contributed by atoms with E-state index < -0.39 is 43.0 Å². The maximum absolute atomic E-state index is 14.1. The van der Waals surface area contributed by atoms with Crippen molar-refractivity contribution in [2.24, 2.45) is 23.6 Å². The van der Waals surface area contributed by atoms with E-state index in [2.05, 4.69) is 33.0 Å². The predicted molar refractivity (Wildman–Crippen MR) is 145 cm³/mol. The fourth-order valence-corrected chi connectivity index (χ4v) is 5.98. The molecule has 0 aromatic rings. The lowest BCUT2D eigenvalue weighted by Crippen LogP contribution is -2.64. The molecule has 0 aromatic carbocycles. The van der Waals surface area contributed by atoms with Crippen LogP contribution < -0.4 is 5.32 Å². The van der Waals surface area contributed by atoms with Crippen molar-refractivity contribution in [2.75, 3.05) is 52.4 Å². The highest BCUT2D eigenvalue weighted by Gasteiger charge is 2.47. The van der Waals surface area contributed by atoms with Gasteiger partial charge in [-0.25, -0.2) is 0 Å². The first-order valence-corrected chi connectivity index (χ1v) is 14.1. The van der Waals surface area contributed by atoms with Crippen LogP contribution in [-0.4, -0.2) is 103 Å². The Bertz CT molecular complexity index is 1040. The molecule has 4 aliphatic rings. The Morgan fingerprint density at radius 3 is 2.51 bits per heavy atom. The van der Waals surface area contributed by atoms with E-state index in [-0.39, 0.29) is 49.6 Å². The number of hydrogen-bond donors (Lipinski definition) is 1. The molecule has 0 bridgehead atoms. The predicted octanol–water partition coefficient (Wildman–Crippen LogP) is 2.96. The molecule has 4 aliphatic heterocycles. The number of hydrogen-bond acceptors (Lipinski definition) is 6. The minimum absolute atomic E-state index is 0.0133. The zero-order valence-corrected chi connectivity index (χ0v) is 23.5. The van der Waals surface area contributed by atoms with E-state index in [1.165, 1.54) is 0 Å². The van der Waals surface area contributed by atoms with E-state index in [0.29, 0.717) is 44.8 Å². The van der Waals surface area contributed by atoms with Gasteiger partial charge in [0.05, 0.1) is 19.3 Å². The van der Waals surface area contributed by atoms with Gasteiger partial charge in [-0.05, 0) is 50.4 Å². The van der Waals surface area contributed by atoms with Crippen molar-refractivity contribution in [3.05, 3.63) is 0 Å². The van der Waals surface area contributed by atoms with Crippen LogP contribution in [0.2, 0.25) is 0 Å². The summed E-state index contributed by atoms with van der Waals surface area (Å²) in [5.74, 6) is -3.19. The number of carbonyl (C=O) groups is 2. The van der Waals surface area contributed by atoms with E-state index in [0.717, 1.165) is 18.2 Å². The molecule has 2 amide bonds. The van der Waals surface area contributed by atoms with E-state index in [1.807, 2.05) is 11.8 Å². The molecule has 1 spiro atoms. The highest BCUT2D eigenvalue weighted by atomic mass is 16.7. The average molecular weight is 528 g/mol. The summed E-state index contributed by atoms with van der Waals surface area (Å²) in [4.78, 5) is 32.0. The number of amides is 2. The number of ether oxygens (including phenoxy) is 2. The number of piperazine rings is 1. The van der Waals surface area contributed by atoms with Crippen LogP contribution in [0.1, 0.15) is 83.2 Å². The number of piperidine rings is 1. The number of nitrogens with one attached hydrogen (secondary N) is 1. The highest BCUT2D eigenvalue weighted by Crippen LogP contribution is 2.36. The zero-order chi connectivity index (χ0) is 33.0. The van der Waals surface area contributed by atoms with Crippen LogP contribution in [0.5, 0.6) is 0 Å². The lowest BCUT2D eigenvalue weighted by Gasteiger charge is -2.49. The Morgan fingerprint density at radius 2 is 1.92 bits per heavy atom. The van der Waals surface area contributed by atoms with Crippen LogP contribution in [0.25, 0.3) is 0 Å². The van der Waals surface area contributed by atoms with Crippen molar-refractivity contribution in [1.82, 2.24) is 20.0 Å². The number of likely N-dealkylation sites (tertiary alicyclic amines) is 2. The quantitative estimate of drug-likeness (QED) is 0.523. The van der Waals surface area contributed by atoms with Gasteiger partial charge in [-0.1, -0.05) is 34.6 Å². The molecule has 8 heteroatoms. The van der Waals surface area contributed by atoms with E-state index in [1.54, 1.807) is 4.90 Å². The second kappa shape index (κ2) is 12.3. The van der Waals surface area contributed by atoms with E-state index >= 15 is 0 Å². The average Bonchev–Trinajstić information content (AvgIpc) is 2.97. The monoisotopic (exact) mass is 527 g/mol. The summed E-state index contributed by atoms with van der Waals surface area (Å²) in [5.41, 5.74) is 0. The number of nitrogens with zero attached hydrogens (tertiary/aromatic N) is 3. The van der Waals surface area contributed by atoms with Gasteiger partial charge in [0.15, 0.2) is 5.79 Å². The Hall–Kier alpha value is -1.22. The van der Waals surface area contributed by atoms with Crippen LogP contribution in [0.4, 0.5) is 0 Å². The van der Waals surface area contributed by atoms with Gasteiger partial charge in [0.2, 0.25) is 11.8 Å². The van der Waals surface area contributed by atoms with Gasteiger partial charge in [-0.2, -0.15) is 0 Å². The summed E-state index contributed by atoms with van der Waals surface area (Å²) < 4.78 is 70.8. The molecule has 0 aliphatic carbocycles. The van der Waals surface area contributed by atoms with Crippen molar-refractivity contribution >= 4 is 11.8 Å². The van der Waals surface area contributed by atoms with Crippen molar-refractivity contribution in [2.45, 2.75) is 97.5 Å². The van der Waals surface area contributed by atoms with Crippen LogP contribution in [0.3, 0.4) is 0 Å². The molecule has 4 heterocycles. The fraction of sp³-hybridized carbons (Fsp3) is 0.931. The smallest absolute Gasteiger partial charge is 0.245 e. The van der Waals surface area contributed by atoms with Gasteiger partial charge in [-0.3, -0.25) is 9.59 Å². The van der Waals surface area contributed by atoms with Gasteiger partial charge >= 0.3 is 0 Å². The second-order valence-electron chi connectivity index (χ2n) is 12.1. The maximum Gasteiger partial charge on any atom is 0.245 e. The maximum atomic E-state index is 14.1. The van der Waals surface area contributed by atoms with Crippen molar-refractivity contribution in [1.29, 1.82) is 0 Å². The van der Waals surface area contributed by atoms with Gasteiger partial charge in [0, 0.05) is 67.1 Å². The second-order valence-corrected chi connectivity index (χ2v) is 12.1. The molecule has 37 heavy (non-hydrogen) atoms. The molecule has 1 N–H and O–H groups in total. The third-order valence-corrected chi connectivity index (χ3v) is 7.83. The molecule has 8 nitrogen and oxygen atoms in total. The third-order valence-electron chi connectivity index (χ3n) is 7.83. The van der Waals surface area contributed by atoms with Crippen LogP contribution in [0, 0.1) is 23.6 Å². The van der Waals surface area contributed by atoms with Gasteiger partial charge in [0.1, 0.15) is 6.04 Å². The number of rotatable bonds is 8. The third kappa shape index (κ3) is 7.06. The molecular weight excluding hydrogens is 468 g/mol. The van der Waals surface area contributed by atoms with Crippen molar-refractivity contribution in [3.63, 3.8) is 0 Å². The Balaban J connectivity index is 1.40. The molecule has 1 unspecified atom stereocenters. The Morgan fingerprint density at radius 1 is 1.19 bits per heavy atom. The van der Waals surface area contributed by atoms with Crippen LogP contribution >= 0.6 is 0 Å². The summed E-state index contributed by atoms with van der Waals surface area (Å²) in [6.07, 6.45) is -0.597. The van der Waals surface area contributed by atoms with Crippen LogP contribution in [-0.2, 0) is 19.1 Å². The molecule has 4 fully saturated rings. The SMILES string of the molecule is [2H]C1([2H])N(CC2COC3(CCN(C(=O)[C@H](CC(C)C)N4CCN[C@@H](CC(C)C)C4=O)[C@@H](C)C3)OC2)C([2H])([2H])C([2H])(C)C1([2H])[2H]. The summed E-state index contributed by atoms with van der Waals surface area (Å²) in [6.45, 7) is 7.77. The van der Waals surface area contributed by atoms with Gasteiger partial charge in [0.25, 0.3) is 0 Å². The van der Waals surface area contributed by atoms with Crippen LogP contribution in [0.15, 0.2) is 0 Å². The van der Waals surface area contributed by atoms with Gasteiger partial charge < -0.3 is 29.5 Å². The van der Waals surface area contributed by atoms with E-state index in [9.17, 15) is 9.59 Å². The minimum atomic E-state index is -2.74. The molecule has 4 rings (SSSR count). The van der Waals surface area contributed by atoms with Gasteiger partial charge in [-0.15, -0.1) is 0 Å². The summed E-state index contributed by atoms with van der Waals surface area (Å²) in [5, 5.41) is 3.33. The lowest BCUT2D eigenvalue weighted by atomic mass is 9.92. The normalized spacial score (nSPS) is 43.5. The number of carbonyl (C=O) groups excluding carboxylic acids is 2. The minimum Gasteiger partial charge on any atom is -0.349 e. The molecule has 4 saturated heterocycles. The topological polar surface area (TPSA) is 74.4 Å². The summed E-state index contributed by atoms with van der Waals surface area (Å²) >= 11 is 0. The molecule has 0 saturated carbocycles. The fourth-order valence-electron chi connectivity index (χ4n) is 5.98. The highest BCUT2D eigenvalue weighted by molar-refractivity contribution is 5.90. The molecule has 212 valence electrons. The van der Waals surface area contributed by atoms with Crippen molar-refractivity contribution in [3.8, 4) is 0 Å². The molecule has 4 atom stereocenters. The van der Waals surface area contributed by atoms with Crippen molar-refractivity contribution < 1.29 is 28.7 Å². The Kier molecular flexibility index (Phi) is 6.87. The zero-order valence-electron chi connectivity index (χ0n) is 30.5.